The Labute approximate surface area is 220 Å². The van der Waals surface area contributed by atoms with E-state index in [0.717, 1.165) is 11.1 Å². The molecule has 0 saturated carbocycles. The highest BCUT2D eigenvalue weighted by atomic mass is 32.2. The van der Waals surface area contributed by atoms with Crippen molar-refractivity contribution in [2.24, 2.45) is 0 Å². The van der Waals surface area contributed by atoms with Gasteiger partial charge >= 0.3 is 0 Å². The first-order chi connectivity index (χ1) is 18.0. The molecule has 1 atom stereocenters. The molecule has 3 aromatic carbocycles. The molecule has 2 amide bonds. The van der Waals surface area contributed by atoms with Crippen molar-refractivity contribution in [2.45, 2.75) is 11.8 Å². The van der Waals surface area contributed by atoms with Gasteiger partial charge in [0.1, 0.15) is 11.1 Å². The molecule has 192 valence electrons. The molecular weight excluding hydrogens is 492 g/mol. The van der Waals surface area contributed by atoms with Crippen molar-refractivity contribution >= 4 is 29.7 Å². The summed E-state index contributed by atoms with van der Waals surface area (Å²) in [6.45, 7) is 0. The molecule has 1 heterocycles. The number of benzene rings is 3. The maximum atomic E-state index is 13.5. The van der Waals surface area contributed by atoms with Gasteiger partial charge in [-0.25, -0.2) is 5.01 Å². The Bertz CT molecular complexity index is 1270. The van der Waals surface area contributed by atoms with Crippen LogP contribution in [0.4, 0.5) is 0 Å². The van der Waals surface area contributed by atoms with Crippen molar-refractivity contribution in [3.8, 4) is 23.0 Å². The van der Waals surface area contributed by atoms with Crippen molar-refractivity contribution in [3.05, 3.63) is 88.3 Å². The molecule has 1 fully saturated rings. The molecule has 37 heavy (non-hydrogen) atoms. The van der Waals surface area contributed by atoms with Gasteiger partial charge in [0.15, 0.2) is 11.5 Å². The molecule has 3 aromatic rings. The molecule has 4 rings (SSSR count). The van der Waals surface area contributed by atoms with Crippen molar-refractivity contribution in [2.75, 3.05) is 28.4 Å². The fourth-order valence-electron chi connectivity index (χ4n) is 3.93. The molecular formula is C28H28N2O6S. The summed E-state index contributed by atoms with van der Waals surface area (Å²) in [7, 11) is 6.20. The Hall–Kier alpha value is -4.11. The zero-order valence-electron chi connectivity index (χ0n) is 21.0. The molecule has 1 aliphatic rings. The van der Waals surface area contributed by atoms with E-state index in [1.807, 2.05) is 54.6 Å². The monoisotopic (exact) mass is 520 g/mol. The van der Waals surface area contributed by atoms with Crippen molar-refractivity contribution in [1.82, 2.24) is 10.4 Å². The first-order valence-electron chi connectivity index (χ1n) is 11.5. The van der Waals surface area contributed by atoms with Gasteiger partial charge in [-0.1, -0.05) is 54.2 Å². The predicted molar refractivity (Wildman–Crippen MR) is 143 cm³/mol. The van der Waals surface area contributed by atoms with E-state index in [0.29, 0.717) is 33.5 Å². The minimum absolute atomic E-state index is 0.149. The molecule has 0 unspecified atom stereocenters. The van der Waals surface area contributed by atoms with E-state index in [4.69, 9.17) is 18.9 Å². The quantitative estimate of drug-likeness (QED) is 0.413. The third-order valence-corrected chi connectivity index (χ3v) is 6.99. The Morgan fingerprint density at radius 1 is 0.919 bits per heavy atom. The summed E-state index contributed by atoms with van der Waals surface area (Å²) in [5.41, 5.74) is 5.20. The highest BCUT2D eigenvalue weighted by Gasteiger charge is 2.38. The van der Waals surface area contributed by atoms with Gasteiger partial charge in [-0.2, -0.15) is 0 Å². The fourth-order valence-corrected chi connectivity index (χ4v) is 5.12. The number of methoxy groups -OCH3 is 4. The van der Waals surface area contributed by atoms with Crippen LogP contribution in [0.5, 0.6) is 23.0 Å². The molecule has 0 bridgehead atoms. The van der Waals surface area contributed by atoms with Crippen LogP contribution in [0.15, 0.2) is 71.6 Å². The van der Waals surface area contributed by atoms with E-state index >= 15 is 0 Å². The van der Waals surface area contributed by atoms with Gasteiger partial charge < -0.3 is 18.9 Å². The molecule has 1 N–H and O–H groups in total. The largest absolute Gasteiger partial charge is 0.497 e. The average molecular weight is 521 g/mol. The van der Waals surface area contributed by atoms with E-state index in [1.54, 1.807) is 25.3 Å². The van der Waals surface area contributed by atoms with Gasteiger partial charge in [-0.15, -0.1) is 0 Å². The van der Waals surface area contributed by atoms with Crippen LogP contribution in [0.3, 0.4) is 0 Å². The lowest BCUT2D eigenvalue weighted by Crippen LogP contribution is -2.44. The lowest BCUT2D eigenvalue weighted by Gasteiger charge is -2.24. The van der Waals surface area contributed by atoms with Crippen molar-refractivity contribution in [3.63, 3.8) is 0 Å². The van der Waals surface area contributed by atoms with E-state index in [2.05, 4.69) is 5.43 Å². The lowest BCUT2D eigenvalue weighted by atomic mass is 10.1. The number of thioether (sulfide) groups is 1. The second kappa shape index (κ2) is 11.7. The zero-order chi connectivity index (χ0) is 26.4. The van der Waals surface area contributed by atoms with Crippen LogP contribution < -0.4 is 24.4 Å². The van der Waals surface area contributed by atoms with Crippen molar-refractivity contribution in [1.29, 1.82) is 0 Å². The average Bonchev–Trinajstić information content (AvgIpc) is 3.22. The summed E-state index contributed by atoms with van der Waals surface area (Å²) in [6.07, 6.45) is 1.90. The Kier molecular flexibility index (Phi) is 8.25. The number of hydrazine groups is 1. The maximum Gasteiger partial charge on any atom is 0.280 e. The summed E-state index contributed by atoms with van der Waals surface area (Å²) in [4.78, 5) is 26.9. The van der Waals surface area contributed by atoms with Crippen LogP contribution in [0.25, 0.3) is 6.08 Å². The normalized spacial score (nSPS) is 16.0. The molecule has 0 aliphatic carbocycles. The van der Waals surface area contributed by atoms with Gasteiger partial charge in [0.05, 0.1) is 39.8 Å². The van der Waals surface area contributed by atoms with E-state index in [9.17, 15) is 9.59 Å². The smallest absolute Gasteiger partial charge is 0.280 e. The number of carbonyl (C=O) groups excluding carboxylic acids is 2. The van der Waals surface area contributed by atoms with Crippen LogP contribution in [0.1, 0.15) is 22.1 Å². The number of rotatable bonds is 9. The first-order valence-corrected chi connectivity index (χ1v) is 12.3. The second-order valence-corrected chi connectivity index (χ2v) is 9.21. The molecule has 0 spiro atoms. The van der Waals surface area contributed by atoms with Crippen LogP contribution in [-0.4, -0.2) is 45.3 Å². The number of ether oxygens (including phenoxy) is 4. The van der Waals surface area contributed by atoms with Gasteiger partial charge in [-0.05, 0) is 47.0 Å². The predicted octanol–water partition coefficient (Wildman–Crippen LogP) is 4.61. The van der Waals surface area contributed by atoms with E-state index in [1.165, 1.54) is 38.1 Å². The van der Waals surface area contributed by atoms with Crippen molar-refractivity contribution < 1.29 is 28.5 Å². The topological polar surface area (TPSA) is 86.3 Å². The van der Waals surface area contributed by atoms with Crippen LogP contribution in [0, 0.1) is 0 Å². The number of carbonyl (C=O) groups is 2. The molecule has 9 heteroatoms. The minimum atomic E-state index is -0.466. The summed E-state index contributed by atoms with van der Waals surface area (Å²) in [5, 5.41) is 0.910. The molecule has 1 saturated heterocycles. The summed E-state index contributed by atoms with van der Waals surface area (Å²) < 4.78 is 21.6. The molecule has 0 aromatic heterocycles. The minimum Gasteiger partial charge on any atom is -0.497 e. The standard InChI is InChI=1S/C28H28N2O6S/c1-33-21-12-10-20(11-13-21)28-30(29-25(31)17-18-8-6-5-7-9-18)27(32)24(37-28)16-19-14-22(34-2)26(36-4)23(15-19)35-3/h5-16,28H,17H2,1-4H3,(H,29,31)/b24-16+/t28-/m0/s1. The number of hydrogen-bond donors (Lipinski definition) is 1. The number of amides is 2. The molecule has 0 radical (unpaired) electrons. The second-order valence-electron chi connectivity index (χ2n) is 8.08. The highest BCUT2D eigenvalue weighted by molar-refractivity contribution is 8.04. The van der Waals surface area contributed by atoms with Crippen LogP contribution in [-0.2, 0) is 16.0 Å². The number of nitrogens with one attached hydrogen (secondary N) is 1. The Balaban J connectivity index is 1.67. The number of hydrogen-bond acceptors (Lipinski definition) is 7. The van der Waals surface area contributed by atoms with Crippen LogP contribution in [0.2, 0.25) is 0 Å². The maximum absolute atomic E-state index is 13.5. The SMILES string of the molecule is COc1ccc([C@@H]2S/C(=C/c3cc(OC)c(OC)c(OC)c3)C(=O)N2NC(=O)Cc2ccccc2)cc1. The molecule has 1 aliphatic heterocycles. The van der Waals surface area contributed by atoms with E-state index < -0.39 is 5.37 Å². The van der Waals surface area contributed by atoms with Gasteiger partial charge in [0.25, 0.3) is 5.91 Å². The molecule has 8 nitrogen and oxygen atoms in total. The number of nitrogens with zero attached hydrogens (tertiary/aromatic N) is 1. The third-order valence-electron chi connectivity index (χ3n) is 5.74. The van der Waals surface area contributed by atoms with E-state index in [-0.39, 0.29) is 18.2 Å². The lowest BCUT2D eigenvalue weighted by molar-refractivity contribution is -0.137. The fraction of sp³-hybridized carbons (Fsp3) is 0.214. The third kappa shape index (κ3) is 5.83. The first kappa shape index (κ1) is 26.0. The van der Waals surface area contributed by atoms with Gasteiger partial charge in [-0.3, -0.25) is 15.0 Å². The summed E-state index contributed by atoms with van der Waals surface area (Å²) in [6, 6.07) is 20.3. The highest BCUT2D eigenvalue weighted by Crippen LogP contribution is 2.46. The Morgan fingerprint density at radius 2 is 1.57 bits per heavy atom. The zero-order valence-corrected chi connectivity index (χ0v) is 21.8. The van der Waals surface area contributed by atoms with Crippen LogP contribution >= 0.6 is 11.8 Å². The summed E-state index contributed by atoms with van der Waals surface area (Å²) >= 11 is 1.34. The summed E-state index contributed by atoms with van der Waals surface area (Å²) in [5.74, 6) is 1.51. The van der Waals surface area contributed by atoms with Gasteiger partial charge in [0, 0.05) is 0 Å². The Morgan fingerprint density at radius 3 is 2.14 bits per heavy atom. The van der Waals surface area contributed by atoms with Gasteiger partial charge in [0.2, 0.25) is 11.7 Å².